The van der Waals surface area contributed by atoms with Gasteiger partial charge in [0.15, 0.2) is 0 Å². The highest BCUT2D eigenvalue weighted by molar-refractivity contribution is 6.29. The van der Waals surface area contributed by atoms with E-state index >= 15 is 0 Å². The Morgan fingerprint density at radius 3 is 1.03 bits per heavy atom. The van der Waals surface area contributed by atoms with Crippen molar-refractivity contribution in [3.05, 3.63) is 253 Å². The van der Waals surface area contributed by atoms with Crippen molar-refractivity contribution in [2.24, 2.45) is 0 Å². The summed E-state index contributed by atoms with van der Waals surface area (Å²) in [6, 6.07) is 86.7. The first-order valence-electron chi connectivity index (χ1n) is 26.8. The molecule has 0 atom stereocenters. The first kappa shape index (κ1) is 42.0. The maximum Gasteiger partial charge on any atom is 0.0620 e. The fourth-order valence-corrected chi connectivity index (χ4v) is 14.4. The molecule has 76 heavy (non-hydrogen) atoms. The molecule has 4 nitrogen and oxygen atoms in total. The summed E-state index contributed by atoms with van der Waals surface area (Å²) in [6.45, 7) is 9.42. The summed E-state index contributed by atoms with van der Waals surface area (Å²) in [5, 5.41) is 10.1. The average Bonchev–Trinajstić information content (AvgIpc) is 4.27. The van der Waals surface area contributed by atoms with E-state index in [1.807, 2.05) is 0 Å². The molecule has 2 aliphatic rings. The predicted molar refractivity (Wildman–Crippen MR) is 320 cm³/mol. The quantitative estimate of drug-likeness (QED) is 0.165. The molecule has 2 aliphatic carbocycles. The van der Waals surface area contributed by atoms with Crippen LogP contribution < -0.4 is 9.80 Å². The van der Waals surface area contributed by atoms with Crippen LogP contribution in [0.4, 0.5) is 34.1 Å². The molecule has 0 saturated heterocycles. The zero-order valence-corrected chi connectivity index (χ0v) is 42.7. The number of hydrogen-bond acceptors (Lipinski definition) is 2. The van der Waals surface area contributed by atoms with Crippen LogP contribution in [0.3, 0.4) is 0 Å². The standard InChI is InChI=1S/C72H50N4/c1-71(2)61-27-13-11-21-49(61)57-37-45(31-35-63(57)71)73(43-17-7-5-8-18-43)47-29-33-51-53-23-15-25-55-59-42-68-60(41-67(59)75(69(53)55)65(51)39-47)56-26-16-24-54-52-34-30-48(40-66(52)76(68)70(54)56)74(44-19-9-6-10-20-44)46-32-36-64-58(38-46)50-22-12-14-28-62(50)72(64,3)4/h5-42H,1-4H3. The number of fused-ring (bicyclic) bond motifs is 18. The van der Waals surface area contributed by atoms with E-state index < -0.39 is 0 Å². The van der Waals surface area contributed by atoms with Crippen molar-refractivity contribution in [1.29, 1.82) is 0 Å². The van der Waals surface area contributed by atoms with E-state index in [0.29, 0.717) is 0 Å². The molecule has 0 saturated carbocycles. The van der Waals surface area contributed by atoms with Gasteiger partial charge in [0, 0.05) is 88.0 Å². The Kier molecular flexibility index (Phi) is 8.12. The third-order valence-electron chi connectivity index (χ3n) is 17.9. The van der Waals surface area contributed by atoms with E-state index in [4.69, 9.17) is 0 Å². The van der Waals surface area contributed by atoms with Gasteiger partial charge in [0.1, 0.15) is 0 Å². The van der Waals surface area contributed by atoms with Crippen LogP contribution in [0.2, 0.25) is 0 Å². The van der Waals surface area contributed by atoms with Crippen molar-refractivity contribution in [3.63, 3.8) is 0 Å². The van der Waals surface area contributed by atoms with E-state index in [9.17, 15) is 0 Å². The lowest BCUT2D eigenvalue weighted by atomic mass is 9.82. The van der Waals surface area contributed by atoms with Crippen LogP contribution in [0.1, 0.15) is 49.9 Å². The van der Waals surface area contributed by atoms with Gasteiger partial charge >= 0.3 is 0 Å². The van der Waals surface area contributed by atoms with Crippen molar-refractivity contribution in [2.45, 2.75) is 38.5 Å². The molecule has 0 fully saturated rings. The molecule has 0 N–H and O–H groups in total. The van der Waals surface area contributed by atoms with Crippen LogP contribution >= 0.6 is 0 Å². The first-order valence-corrected chi connectivity index (χ1v) is 26.8. The molecule has 4 heterocycles. The molecule has 0 radical (unpaired) electrons. The van der Waals surface area contributed by atoms with Gasteiger partial charge in [-0.2, -0.15) is 0 Å². The summed E-state index contributed by atoms with van der Waals surface area (Å²) < 4.78 is 5.11. The van der Waals surface area contributed by atoms with Crippen LogP contribution in [0.25, 0.3) is 98.4 Å². The van der Waals surface area contributed by atoms with Crippen LogP contribution in [-0.4, -0.2) is 8.80 Å². The zero-order valence-electron chi connectivity index (χ0n) is 42.7. The Balaban J connectivity index is 0.871. The molecular weight excluding hydrogens is 921 g/mol. The van der Waals surface area contributed by atoms with Crippen molar-refractivity contribution < 1.29 is 0 Å². The molecule has 0 aliphatic heterocycles. The molecule has 4 aromatic heterocycles. The minimum Gasteiger partial charge on any atom is -0.310 e. The summed E-state index contributed by atoms with van der Waals surface area (Å²) in [4.78, 5) is 4.88. The lowest BCUT2D eigenvalue weighted by Gasteiger charge is -2.27. The number of nitrogens with zero attached hydrogens (tertiary/aromatic N) is 4. The summed E-state index contributed by atoms with van der Waals surface area (Å²) in [6.07, 6.45) is 0. The second kappa shape index (κ2) is 14.7. The minimum atomic E-state index is -0.0645. The van der Waals surface area contributed by atoms with Crippen molar-refractivity contribution in [1.82, 2.24) is 8.80 Å². The van der Waals surface area contributed by atoms with Gasteiger partial charge in [-0.15, -0.1) is 0 Å². The molecule has 15 aromatic rings. The number of anilines is 6. The molecule has 358 valence electrons. The molecule has 0 unspecified atom stereocenters. The zero-order chi connectivity index (χ0) is 50.3. The van der Waals surface area contributed by atoms with E-state index in [2.05, 4.69) is 277 Å². The Labute approximate surface area is 440 Å². The van der Waals surface area contributed by atoms with Gasteiger partial charge in [0.2, 0.25) is 0 Å². The fourth-order valence-electron chi connectivity index (χ4n) is 14.4. The number of hydrogen-bond donors (Lipinski definition) is 0. The topological polar surface area (TPSA) is 15.3 Å². The largest absolute Gasteiger partial charge is 0.310 e. The Hall–Kier alpha value is -9.38. The molecule has 4 heteroatoms. The smallest absolute Gasteiger partial charge is 0.0620 e. The van der Waals surface area contributed by atoms with Crippen LogP contribution in [-0.2, 0) is 10.8 Å². The van der Waals surface area contributed by atoms with E-state index in [-0.39, 0.29) is 10.8 Å². The highest BCUT2D eigenvalue weighted by atomic mass is 15.2. The van der Waals surface area contributed by atoms with Gasteiger partial charge < -0.3 is 18.6 Å². The Morgan fingerprint density at radius 2 is 0.592 bits per heavy atom. The second-order valence-corrected chi connectivity index (χ2v) is 22.5. The summed E-state index contributed by atoms with van der Waals surface area (Å²) in [7, 11) is 0. The molecule has 0 spiro atoms. The highest BCUT2D eigenvalue weighted by Crippen LogP contribution is 2.54. The third-order valence-corrected chi connectivity index (χ3v) is 17.9. The molecule has 11 aromatic carbocycles. The summed E-state index contributed by atoms with van der Waals surface area (Å²) in [5.41, 5.74) is 24.9. The lowest BCUT2D eigenvalue weighted by molar-refractivity contribution is 0.660. The Bertz CT molecular complexity index is 4620. The van der Waals surface area contributed by atoms with Gasteiger partial charge in [-0.25, -0.2) is 0 Å². The van der Waals surface area contributed by atoms with Crippen LogP contribution in [0, 0.1) is 0 Å². The number of benzene rings is 11. The molecular formula is C72H50N4. The van der Waals surface area contributed by atoms with Crippen molar-refractivity contribution in [3.8, 4) is 22.3 Å². The van der Waals surface area contributed by atoms with E-state index in [0.717, 1.165) is 34.1 Å². The Morgan fingerprint density at radius 1 is 0.250 bits per heavy atom. The van der Waals surface area contributed by atoms with Gasteiger partial charge in [-0.1, -0.05) is 173 Å². The molecule has 0 amide bonds. The molecule has 17 rings (SSSR count). The molecule has 0 bridgehead atoms. The first-order chi connectivity index (χ1) is 37.2. The van der Waals surface area contributed by atoms with Crippen LogP contribution in [0.5, 0.6) is 0 Å². The number of aromatic nitrogens is 2. The van der Waals surface area contributed by atoms with Gasteiger partial charge in [0.25, 0.3) is 0 Å². The maximum atomic E-state index is 2.56. The number of rotatable bonds is 6. The SMILES string of the molecule is CC1(C)c2ccccc2-c2cc(N(c3ccccc3)c3ccc4c5cccc6c7cc8c(cc7n(c4c3)c56)c3cccc4c5ccc(N(c6ccccc6)c6ccc7c(c6)-c6ccccc6C7(C)C)cc5n8c43)ccc21. The second-order valence-electron chi connectivity index (χ2n) is 22.5. The van der Waals surface area contributed by atoms with Gasteiger partial charge in [-0.05, 0) is 129 Å². The van der Waals surface area contributed by atoms with Gasteiger partial charge in [0.05, 0.1) is 33.1 Å². The lowest BCUT2D eigenvalue weighted by Crippen LogP contribution is -2.15. The normalized spacial score (nSPS) is 14.3. The van der Waals surface area contributed by atoms with E-state index in [1.54, 1.807) is 0 Å². The summed E-state index contributed by atoms with van der Waals surface area (Å²) in [5.74, 6) is 0. The van der Waals surface area contributed by atoms with Gasteiger partial charge in [-0.3, -0.25) is 0 Å². The monoisotopic (exact) mass is 970 g/mol. The average molecular weight is 971 g/mol. The minimum absolute atomic E-state index is 0.0645. The van der Waals surface area contributed by atoms with Crippen molar-refractivity contribution in [2.75, 3.05) is 9.80 Å². The van der Waals surface area contributed by atoms with E-state index in [1.165, 1.54) is 121 Å². The van der Waals surface area contributed by atoms with Crippen molar-refractivity contribution >= 4 is 110 Å². The third kappa shape index (κ3) is 5.37. The number of para-hydroxylation sites is 4. The highest BCUT2D eigenvalue weighted by Gasteiger charge is 2.37. The van der Waals surface area contributed by atoms with Crippen LogP contribution in [0.15, 0.2) is 231 Å². The fraction of sp³-hybridized carbons (Fsp3) is 0.0833. The predicted octanol–water partition coefficient (Wildman–Crippen LogP) is 19.5. The summed E-state index contributed by atoms with van der Waals surface area (Å²) >= 11 is 0. The maximum absolute atomic E-state index is 2.56.